The lowest BCUT2D eigenvalue weighted by molar-refractivity contribution is -0.121. The van der Waals surface area contributed by atoms with Gasteiger partial charge in [0.05, 0.1) is 6.04 Å². The maximum atomic E-state index is 11.9. The van der Waals surface area contributed by atoms with Gasteiger partial charge < -0.3 is 15.5 Å². The number of nitrogens with zero attached hydrogens (tertiary/aromatic N) is 1. The molecule has 0 saturated carbocycles. The molecule has 0 aromatic heterocycles. The van der Waals surface area contributed by atoms with E-state index in [1.54, 1.807) is 4.90 Å². The molecule has 1 aromatic rings. The zero-order valence-corrected chi connectivity index (χ0v) is 12.3. The van der Waals surface area contributed by atoms with Crippen LogP contribution in [0.1, 0.15) is 12.8 Å². The summed E-state index contributed by atoms with van der Waals surface area (Å²) in [5, 5.41) is 5.83. The van der Waals surface area contributed by atoms with E-state index in [2.05, 4.69) is 10.6 Å². The van der Waals surface area contributed by atoms with Gasteiger partial charge >= 0.3 is 0 Å². The third-order valence-electron chi connectivity index (χ3n) is 3.16. The van der Waals surface area contributed by atoms with Gasteiger partial charge in [-0.15, -0.1) is 12.4 Å². The van der Waals surface area contributed by atoms with Crippen molar-refractivity contribution in [2.24, 2.45) is 0 Å². The summed E-state index contributed by atoms with van der Waals surface area (Å²) < 4.78 is 0. The fraction of sp³-hybridized carbons (Fsp3) is 0.429. The van der Waals surface area contributed by atoms with E-state index in [1.165, 1.54) is 0 Å². The standard InChI is InChI=1S/C14H19N3O2.ClH/c1-15-8-7-13(18)16-11-9-14(19)17(10-11)12-5-3-2-4-6-12;/h2-6,11,15H,7-10H2,1H3,(H,16,18);1H. The summed E-state index contributed by atoms with van der Waals surface area (Å²) in [6.07, 6.45) is 0.812. The topological polar surface area (TPSA) is 61.4 Å². The molecule has 1 aromatic carbocycles. The van der Waals surface area contributed by atoms with Crippen LogP contribution in [0.2, 0.25) is 0 Å². The number of hydrogen-bond acceptors (Lipinski definition) is 3. The van der Waals surface area contributed by atoms with Crippen molar-refractivity contribution in [2.75, 3.05) is 25.0 Å². The van der Waals surface area contributed by atoms with Crippen molar-refractivity contribution in [1.29, 1.82) is 0 Å². The number of carbonyl (C=O) groups excluding carboxylic acids is 2. The molecule has 1 unspecified atom stereocenters. The molecular formula is C14H20ClN3O2. The smallest absolute Gasteiger partial charge is 0.229 e. The van der Waals surface area contributed by atoms with Gasteiger partial charge in [-0.3, -0.25) is 9.59 Å². The third kappa shape index (κ3) is 4.21. The SMILES string of the molecule is CNCCC(=O)NC1CC(=O)N(c2ccccc2)C1.Cl. The highest BCUT2D eigenvalue weighted by Crippen LogP contribution is 2.20. The lowest BCUT2D eigenvalue weighted by atomic mass is 10.2. The molecule has 1 atom stereocenters. The molecule has 0 aliphatic carbocycles. The fourth-order valence-electron chi connectivity index (χ4n) is 2.20. The zero-order valence-electron chi connectivity index (χ0n) is 11.5. The first kappa shape index (κ1) is 16.5. The number of para-hydroxylation sites is 1. The summed E-state index contributed by atoms with van der Waals surface area (Å²) in [5.41, 5.74) is 0.888. The molecule has 0 spiro atoms. The molecule has 5 nitrogen and oxygen atoms in total. The molecule has 2 N–H and O–H groups in total. The van der Waals surface area contributed by atoms with Crippen LogP contribution >= 0.6 is 12.4 Å². The number of amides is 2. The van der Waals surface area contributed by atoms with E-state index in [9.17, 15) is 9.59 Å². The monoisotopic (exact) mass is 297 g/mol. The first-order valence-electron chi connectivity index (χ1n) is 6.50. The highest BCUT2D eigenvalue weighted by molar-refractivity contribution is 5.96. The lowest BCUT2D eigenvalue weighted by Gasteiger charge is -2.17. The Morgan fingerprint density at radius 3 is 2.70 bits per heavy atom. The van der Waals surface area contributed by atoms with Crippen LogP contribution in [0, 0.1) is 0 Å². The van der Waals surface area contributed by atoms with Crippen LogP contribution in [0.15, 0.2) is 30.3 Å². The molecule has 0 bridgehead atoms. The Bertz CT molecular complexity index is 453. The first-order valence-corrected chi connectivity index (χ1v) is 6.50. The van der Waals surface area contributed by atoms with Gasteiger partial charge in [0.25, 0.3) is 0 Å². The number of anilines is 1. The van der Waals surface area contributed by atoms with Crippen LogP contribution in [0.3, 0.4) is 0 Å². The molecule has 1 aliphatic rings. The Morgan fingerprint density at radius 2 is 2.05 bits per heavy atom. The van der Waals surface area contributed by atoms with Gasteiger partial charge in [-0.2, -0.15) is 0 Å². The summed E-state index contributed by atoms with van der Waals surface area (Å²) in [7, 11) is 1.81. The summed E-state index contributed by atoms with van der Waals surface area (Å²) in [5.74, 6) is 0.0483. The molecular weight excluding hydrogens is 278 g/mol. The minimum atomic E-state index is -0.0861. The van der Waals surface area contributed by atoms with Gasteiger partial charge in [0, 0.05) is 31.6 Å². The first-order chi connectivity index (χ1) is 9.20. The Hall–Kier alpha value is -1.59. The van der Waals surface area contributed by atoms with E-state index in [1.807, 2.05) is 37.4 Å². The average Bonchev–Trinajstić information content (AvgIpc) is 2.78. The van der Waals surface area contributed by atoms with E-state index < -0.39 is 0 Å². The Balaban J connectivity index is 0.00000200. The summed E-state index contributed by atoms with van der Waals surface area (Å²) in [6, 6.07) is 9.45. The molecule has 0 radical (unpaired) electrons. The molecule has 2 amide bonds. The van der Waals surface area contributed by atoms with Crippen LogP contribution in [0.4, 0.5) is 5.69 Å². The Kier molecular flexibility index (Phi) is 6.48. The van der Waals surface area contributed by atoms with Gasteiger partial charge in [0.2, 0.25) is 11.8 Å². The van der Waals surface area contributed by atoms with E-state index >= 15 is 0 Å². The lowest BCUT2D eigenvalue weighted by Crippen LogP contribution is -2.38. The molecule has 2 rings (SSSR count). The van der Waals surface area contributed by atoms with Crippen LogP contribution in [-0.4, -0.2) is 38.0 Å². The summed E-state index contributed by atoms with van der Waals surface area (Å²) in [4.78, 5) is 25.3. The van der Waals surface area contributed by atoms with Crippen molar-refractivity contribution in [3.05, 3.63) is 30.3 Å². The predicted molar refractivity (Wildman–Crippen MR) is 81.1 cm³/mol. The van der Waals surface area contributed by atoms with Gasteiger partial charge in [0.15, 0.2) is 0 Å². The maximum Gasteiger partial charge on any atom is 0.229 e. The van der Waals surface area contributed by atoms with E-state index in [0.29, 0.717) is 25.9 Å². The third-order valence-corrected chi connectivity index (χ3v) is 3.16. The largest absolute Gasteiger partial charge is 0.351 e. The average molecular weight is 298 g/mol. The molecule has 1 saturated heterocycles. The number of carbonyl (C=O) groups is 2. The van der Waals surface area contributed by atoms with Crippen molar-refractivity contribution < 1.29 is 9.59 Å². The van der Waals surface area contributed by atoms with Crippen LogP contribution in [0.5, 0.6) is 0 Å². The van der Waals surface area contributed by atoms with E-state index in [4.69, 9.17) is 0 Å². The number of nitrogens with one attached hydrogen (secondary N) is 2. The zero-order chi connectivity index (χ0) is 13.7. The van der Waals surface area contributed by atoms with Crippen molar-refractivity contribution >= 4 is 29.9 Å². The Labute approximate surface area is 125 Å². The molecule has 1 aliphatic heterocycles. The van der Waals surface area contributed by atoms with Crippen LogP contribution in [0.25, 0.3) is 0 Å². The Morgan fingerprint density at radius 1 is 1.35 bits per heavy atom. The minimum absolute atomic E-state index is 0. The second-order valence-electron chi connectivity index (χ2n) is 4.66. The van der Waals surface area contributed by atoms with Gasteiger partial charge in [-0.1, -0.05) is 18.2 Å². The molecule has 6 heteroatoms. The minimum Gasteiger partial charge on any atom is -0.351 e. The fourth-order valence-corrected chi connectivity index (χ4v) is 2.20. The number of halogens is 1. The van der Waals surface area contributed by atoms with Crippen molar-refractivity contribution in [2.45, 2.75) is 18.9 Å². The van der Waals surface area contributed by atoms with E-state index in [0.717, 1.165) is 5.69 Å². The van der Waals surface area contributed by atoms with Crippen molar-refractivity contribution in [3.8, 4) is 0 Å². The van der Waals surface area contributed by atoms with Gasteiger partial charge in [-0.05, 0) is 19.2 Å². The molecule has 1 fully saturated rings. The molecule has 110 valence electrons. The van der Waals surface area contributed by atoms with Gasteiger partial charge in [-0.25, -0.2) is 0 Å². The normalized spacial score (nSPS) is 17.8. The quantitative estimate of drug-likeness (QED) is 0.850. The molecule has 1 heterocycles. The second kappa shape index (κ2) is 7.87. The predicted octanol–water partition coefficient (Wildman–Crippen LogP) is 0.939. The summed E-state index contributed by atoms with van der Waals surface area (Å²) >= 11 is 0. The van der Waals surface area contributed by atoms with Crippen molar-refractivity contribution in [1.82, 2.24) is 10.6 Å². The number of rotatable bonds is 5. The van der Waals surface area contributed by atoms with Crippen LogP contribution in [-0.2, 0) is 9.59 Å². The van der Waals surface area contributed by atoms with Crippen LogP contribution < -0.4 is 15.5 Å². The number of benzene rings is 1. The van der Waals surface area contributed by atoms with Crippen molar-refractivity contribution in [3.63, 3.8) is 0 Å². The second-order valence-corrected chi connectivity index (χ2v) is 4.66. The molecule has 20 heavy (non-hydrogen) atoms. The highest BCUT2D eigenvalue weighted by atomic mass is 35.5. The van der Waals surface area contributed by atoms with Gasteiger partial charge in [0.1, 0.15) is 0 Å². The summed E-state index contributed by atoms with van der Waals surface area (Å²) in [6.45, 7) is 1.20. The highest BCUT2D eigenvalue weighted by Gasteiger charge is 2.31. The van der Waals surface area contributed by atoms with E-state index in [-0.39, 0.29) is 30.3 Å². The number of hydrogen-bond donors (Lipinski definition) is 2. The maximum absolute atomic E-state index is 11.9.